The maximum atomic E-state index is 13.3. The van der Waals surface area contributed by atoms with Crippen molar-refractivity contribution >= 4 is 45.8 Å². The van der Waals surface area contributed by atoms with E-state index in [0.29, 0.717) is 40.3 Å². The normalized spacial score (nSPS) is 15.9. The molecule has 3 aromatic rings. The summed E-state index contributed by atoms with van der Waals surface area (Å²) in [6, 6.07) is 6.61. The minimum absolute atomic E-state index is 0.00169. The van der Waals surface area contributed by atoms with Crippen molar-refractivity contribution in [2.24, 2.45) is 0 Å². The average Bonchev–Trinajstić information content (AvgIpc) is 3.42. The van der Waals surface area contributed by atoms with Crippen LogP contribution in [0.2, 0.25) is 0 Å². The topological polar surface area (TPSA) is 87.5 Å². The first-order valence-electron chi connectivity index (χ1n) is 10.3. The molecule has 0 amide bonds. The molecule has 9 heteroatoms. The number of thioether (sulfide) groups is 1. The van der Waals surface area contributed by atoms with Crippen LogP contribution in [0.25, 0.3) is 10.9 Å². The summed E-state index contributed by atoms with van der Waals surface area (Å²) in [6.07, 6.45) is 1.78. The van der Waals surface area contributed by atoms with Crippen LogP contribution in [-0.4, -0.2) is 46.9 Å². The number of nitrogens with zero attached hydrogens (tertiary/aromatic N) is 2. The molecule has 3 heterocycles. The Labute approximate surface area is 193 Å². The lowest BCUT2D eigenvalue weighted by Gasteiger charge is -2.16. The second-order valence-electron chi connectivity index (χ2n) is 7.71. The molecular weight excluding hydrogens is 448 g/mol. The van der Waals surface area contributed by atoms with Crippen LogP contribution < -0.4 is 5.56 Å². The van der Waals surface area contributed by atoms with E-state index in [4.69, 9.17) is 9.47 Å². The molecule has 1 saturated heterocycles. The first-order valence-corrected chi connectivity index (χ1v) is 12.1. The maximum Gasteiger partial charge on any atom is 0.337 e. The summed E-state index contributed by atoms with van der Waals surface area (Å²) in [6.45, 7) is 4.98. The Morgan fingerprint density at radius 1 is 1.31 bits per heavy atom. The quantitative estimate of drug-likeness (QED) is 0.222. The predicted molar refractivity (Wildman–Crippen MR) is 125 cm³/mol. The predicted octanol–water partition coefficient (Wildman–Crippen LogP) is 4.02. The minimum Gasteiger partial charge on any atom is -0.465 e. The molecule has 1 aromatic carbocycles. The number of methoxy groups -OCH3 is 1. The molecule has 168 valence electrons. The van der Waals surface area contributed by atoms with E-state index in [-0.39, 0.29) is 23.2 Å². The third-order valence-electron chi connectivity index (χ3n) is 5.43. The van der Waals surface area contributed by atoms with E-state index in [2.05, 4.69) is 4.98 Å². The van der Waals surface area contributed by atoms with Gasteiger partial charge in [-0.25, -0.2) is 9.78 Å². The molecule has 0 aliphatic carbocycles. The smallest absolute Gasteiger partial charge is 0.337 e. The van der Waals surface area contributed by atoms with Gasteiger partial charge in [0, 0.05) is 21.9 Å². The fourth-order valence-corrected chi connectivity index (χ4v) is 5.66. The van der Waals surface area contributed by atoms with Crippen molar-refractivity contribution in [3.8, 4) is 0 Å². The van der Waals surface area contributed by atoms with Gasteiger partial charge >= 0.3 is 5.97 Å². The van der Waals surface area contributed by atoms with Gasteiger partial charge in [-0.05, 0) is 51.0 Å². The van der Waals surface area contributed by atoms with E-state index in [9.17, 15) is 14.4 Å². The van der Waals surface area contributed by atoms with Gasteiger partial charge < -0.3 is 9.47 Å². The summed E-state index contributed by atoms with van der Waals surface area (Å²) in [5.74, 6) is -0.333. The summed E-state index contributed by atoms with van der Waals surface area (Å²) in [5.41, 5.74) is 1.22. The monoisotopic (exact) mass is 472 g/mol. The third kappa shape index (κ3) is 4.65. The van der Waals surface area contributed by atoms with Crippen molar-refractivity contribution in [1.82, 2.24) is 9.55 Å². The zero-order valence-electron chi connectivity index (χ0n) is 18.2. The largest absolute Gasteiger partial charge is 0.465 e. The van der Waals surface area contributed by atoms with Crippen LogP contribution >= 0.6 is 23.1 Å². The van der Waals surface area contributed by atoms with Crippen LogP contribution in [-0.2, 0) is 16.0 Å². The van der Waals surface area contributed by atoms with Gasteiger partial charge in [-0.3, -0.25) is 14.2 Å². The lowest BCUT2D eigenvalue weighted by molar-refractivity contribution is 0.0600. The summed E-state index contributed by atoms with van der Waals surface area (Å²) >= 11 is 2.83. The average molecular weight is 473 g/mol. The van der Waals surface area contributed by atoms with Crippen LogP contribution in [0.4, 0.5) is 0 Å². The van der Waals surface area contributed by atoms with E-state index < -0.39 is 5.97 Å². The number of hydrogen-bond acceptors (Lipinski definition) is 8. The first kappa shape index (κ1) is 22.7. The SMILES string of the molecule is COC(=O)c1ccc2c(=O)n(CC3CCCO3)c(SCC(=O)c3cc(C)sc3C)nc2c1. The zero-order valence-corrected chi connectivity index (χ0v) is 19.8. The maximum absolute atomic E-state index is 13.3. The van der Waals surface area contributed by atoms with Crippen molar-refractivity contribution < 1.29 is 19.1 Å². The van der Waals surface area contributed by atoms with Gasteiger partial charge in [0.1, 0.15) is 0 Å². The van der Waals surface area contributed by atoms with Gasteiger partial charge in [-0.1, -0.05) is 11.8 Å². The highest BCUT2D eigenvalue weighted by Crippen LogP contribution is 2.26. The number of Topliss-reactive ketones (excluding diaryl/α,β-unsaturated/α-hetero) is 1. The Bertz CT molecular complexity index is 1240. The number of rotatable bonds is 7. The summed E-state index contributed by atoms with van der Waals surface area (Å²) < 4.78 is 12.1. The molecule has 1 aliphatic heterocycles. The van der Waals surface area contributed by atoms with Crippen LogP contribution in [0.1, 0.15) is 43.3 Å². The minimum atomic E-state index is -0.495. The number of ether oxygens (including phenoxy) is 2. The van der Waals surface area contributed by atoms with Crippen molar-refractivity contribution in [2.45, 2.75) is 44.5 Å². The molecule has 1 fully saturated rings. The fourth-order valence-electron chi connectivity index (χ4n) is 3.82. The molecule has 7 nitrogen and oxygen atoms in total. The number of esters is 1. The van der Waals surface area contributed by atoms with Gasteiger partial charge in [0.25, 0.3) is 5.56 Å². The number of hydrogen-bond donors (Lipinski definition) is 0. The molecule has 4 rings (SSSR count). The lowest BCUT2D eigenvalue weighted by Crippen LogP contribution is -2.29. The second kappa shape index (κ2) is 9.56. The third-order valence-corrected chi connectivity index (χ3v) is 7.37. The number of aromatic nitrogens is 2. The highest BCUT2D eigenvalue weighted by atomic mass is 32.2. The van der Waals surface area contributed by atoms with Crippen LogP contribution in [0.5, 0.6) is 0 Å². The molecular formula is C23H24N2O5S2. The first-order chi connectivity index (χ1) is 15.4. The second-order valence-corrected chi connectivity index (χ2v) is 10.1. The molecule has 32 heavy (non-hydrogen) atoms. The molecule has 0 N–H and O–H groups in total. The van der Waals surface area contributed by atoms with Crippen molar-refractivity contribution in [2.75, 3.05) is 19.5 Å². The number of aryl methyl sites for hydroxylation is 2. The number of carbonyl (C=O) groups is 2. The van der Waals surface area contributed by atoms with Crippen molar-refractivity contribution in [3.63, 3.8) is 0 Å². The van der Waals surface area contributed by atoms with Gasteiger partial charge in [-0.15, -0.1) is 11.3 Å². The molecule has 0 radical (unpaired) electrons. The van der Waals surface area contributed by atoms with E-state index in [1.54, 1.807) is 34.1 Å². The Morgan fingerprint density at radius 3 is 2.78 bits per heavy atom. The van der Waals surface area contributed by atoms with Crippen LogP contribution in [0.15, 0.2) is 34.2 Å². The van der Waals surface area contributed by atoms with Crippen LogP contribution in [0.3, 0.4) is 0 Å². The van der Waals surface area contributed by atoms with Gasteiger partial charge in [0.15, 0.2) is 10.9 Å². The summed E-state index contributed by atoms with van der Waals surface area (Å²) in [4.78, 5) is 44.8. The Balaban J connectivity index is 1.71. The van der Waals surface area contributed by atoms with Gasteiger partial charge in [0.2, 0.25) is 0 Å². The van der Waals surface area contributed by atoms with Crippen molar-refractivity contribution in [3.05, 3.63) is 55.5 Å². The molecule has 0 spiro atoms. The molecule has 2 aromatic heterocycles. The van der Waals surface area contributed by atoms with Gasteiger partial charge in [-0.2, -0.15) is 0 Å². The molecule has 1 unspecified atom stereocenters. The molecule has 1 aliphatic rings. The molecule has 0 bridgehead atoms. The van der Waals surface area contributed by atoms with E-state index in [0.717, 1.165) is 22.6 Å². The Morgan fingerprint density at radius 2 is 2.12 bits per heavy atom. The Kier molecular flexibility index (Phi) is 6.78. The van der Waals surface area contributed by atoms with E-state index >= 15 is 0 Å². The number of carbonyl (C=O) groups excluding carboxylic acids is 2. The zero-order chi connectivity index (χ0) is 22.8. The van der Waals surface area contributed by atoms with Crippen LogP contribution in [0, 0.1) is 13.8 Å². The summed E-state index contributed by atoms with van der Waals surface area (Å²) in [7, 11) is 1.31. The highest BCUT2D eigenvalue weighted by Gasteiger charge is 2.22. The van der Waals surface area contributed by atoms with E-state index in [1.165, 1.54) is 18.9 Å². The molecule has 1 atom stereocenters. The standard InChI is InChI=1S/C23H24N2O5S2/c1-13-9-18(14(2)32-13)20(26)12-31-23-24-19-10-15(22(28)29-3)6-7-17(19)21(27)25(23)11-16-5-4-8-30-16/h6-7,9-10,16H,4-5,8,11-12H2,1-3H3. The number of benzene rings is 1. The fraction of sp³-hybridized carbons (Fsp3) is 0.391. The van der Waals surface area contributed by atoms with Crippen molar-refractivity contribution in [1.29, 1.82) is 0 Å². The highest BCUT2D eigenvalue weighted by molar-refractivity contribution is 7.99. The number of fused-ring (bicyclic) bond motifs is 1. The van der Waals surface area contributed by atoms with Gasteiger partial charge in [0.05, 0.1) is 42.0 Å². The Hall–Kier alpha value is -2.49. The van der Waals surface area contributed by atoms with E-state index in [1.807, 2.05) is 19.9 Å². The molecule has 0 saturated carbocycles. The number of thiophene rings is 1. The number of ketones is 1. The summed E-state index contributed by atoms with van der Waals surface area (Å²) in [5, 5.41) is 0.855. The lowest BCUT2D eigenvalue weighted by atomic mass is 10.1.